The second kappa shape index (κ2) is 3.21. The van der Waals surface area contributed by atoms with Crippen LogP contribution < -0.4 is 30.4 Å². The molecule has 0 atom stereocenters. The Morgan fingerprint density at radius 1 is 1.17 bits per heavy atom. The fourth-order valence-corrected chi connectivity index (χ4v) is 0. The Labute approximate surface area is 52.7 Å². The van der Waals surface area contributed by atoms with Crippen molar-refractivity contribution in [1.82, 2.24) is 0 Å². The van der Waals surface area contributed by atoms with Gasteiger partial charge in [0.15, 0.2) is 0 Å². The van der Waals surface area contributed by atoms with Crippen molar-refractivity contribution in [3.63, 3.8) is 0 Å². The quantitative estimate of drug-likeness (QED) is 0.310. The van der Waals surface area contributed by atoms with Crippen molar-refractivity contribution < 1.29 is 33.8 Å². The van der Waals surface area contributed by atoms with Crippen LogP contribution in [-0.2, 0) is 0 Å². The molecule has 0 heterocycles. The van der Waals surface area contributed by atoms with Crippen LogP contribution in [0.15, 0.2) is 0 Å². The molecule has 0 aliphatic heterocycles. The van der Waals surface area contributed by atoms with Crippen molar-refractivity contribution in [1.29, 1.82) is 0 Å². The molecule has 1 N–H and O–H groups in total. The molecule has 6 heteroatoms. The van der Waals surface area contributed by atoms with E-state index in [1.54, 1.807) is 0 Å². The molecule has 0 radical (unpaired) electrons. The van der Waals surface area contributed by atoms with Crippen LogP contribution in [-0.4, -0.2) is 22.3 Å². The first-order valence-electron chi connectivity index (χ1n) is 0.632. The van der Waals surface area contributed by atoms with E-state index in [0.717, 1.165) is 0 Å². The second-order valence-electron chi connectivity index (χ2n) is 0.396. The van der Waals surface area contributed by atoms with Crippen LogP contribution in [0.4, 0.5) is 0 Å². The largest absolute Gasteiger partial charge is 0.368 e. The van der Waals surface area contributed by atoms with Gasteiger partial charge in [-0.25, -0.2) is 0 Å². The molecule has 0 fully saturated rings. The summed E-state index contributed by atoms with van der Waals surface area (Å²) >= 11 is -5.69. The summed E-state index contributed by atoms with van der Waals surface area (Å²) in [5, 5.41) is 0. The monoisotopic (exact) mass is 200 g/mol. The van der Waals surface area contributed by atoms with Crippen molar-refractivity contribution in [2.45, 2.75) is 0 Å². The number of hydrogen-bond donors (Lipinski definition) is 1. The van der Waals surface area contributed by atoms with E-state index < -0.39 is 20.1 Å². The van der Waals surface area contributed by atoms with E-state index in [9.17, 15) is 0 Å². The molecule has 0 aliphatic carbocycles. The second-order valence-corrected chi connectivity index (χ2v) is 2.66. The average molecular weight is 200 g/mol. The summed E-state index contributed by atoms with van der Waals surface area (Å²) in [5.41, 5.74) is 0. The van der Waals surface area contributed by atoms with Crippen molar-refractivity contribution in [2.75, 3.05) is 0 Å². The molecule has 0 bridgehead atoms. The molecular formula is H2ILiO4. The molecule has 0 unspecified atom stereocenters. The first kappa shape index (κ1) is 10.2. The van der Waals surface area contributed by atoms with Gasteiger partial charge in [-0.05, 0) is 0 Å². The summed E-state index contributed by atoms with van der Waals surface area (Å²) in [6.45, 7) is 0. The van der Waals surface area contributed by atoms with Crippen LogP contribution in [0.1, 0.15) is 0 Å². The van der Waals surface area contributed by atoms with Gasteiger partial charge in [0.2, 0.25) is 0 Å². The Hall–Kier alpha value is 1.17. The van der Waals surface area contributed by atoms with E-state index in [0.29, 0.717) is 0 Å². The van der Waals surface area contributed by atoms with Gasteiger partial charge in [-0.2, -0.15) is 0 Å². The van der Waals surface area contributed by atoms with Gasteiger partial charge in [-0.3, -0.25) is 10.3 Å². The summed E-state index contributed by atoms with van der Waals surface area (Å²) in [6, 6.07) is 0. The summed E-state index contributed by atoms with van der Waals surface area (Å²) in [5.74, 6) is 0. The molecule has 4 nitrogen and oxygen atoms in total. The Morgan fingerprint density at radius 2 is 1.17 bits per heavy atom. The van der Waals surface area contributed by atoms with Crippen molar-refractivity contribution in [3.05, 3.63) is 0 Å². The molecular weight excluding hydrogens is 198 g/mol. The van der Waals surface area contributed by atoms with Gasteiger partial charge in [0.1, 0.15) is 0 Å². The topological polar surface area (TPSA) is 89.4 Å². The zero-order chi connectivity index (χ0) is 4.50. The maximum atomic E-state index is 8.73. The van der Waals surface area contributed by atoms with Crippen LogP contribution in [0.25, 0.3) is 0 Å². The fourth-order valence-electron chi connectivity index (χ4n) is 0. The molecule has 0 rings (SSSR count). The number of rotatable bonds is 0. The minimum Gasteiger partial charge on any atom is -0.256 e. The Kier molecular flexibility index (Phi) is 5.45. The van der Waals surface area contributed by atoms with Crippen LogP contribution >= 0.6 is 0 Å². The van der Waals surface area contributed by atoms with Crippen LogP contribution in [0.2, 0.25) is 0 Å². The zero-order valence-corrected chi connectivity index (χ0v) is 4.21. The Morgan fingerprint density at radius 3 is 1.17 bits per heavy atom. The van der Waals surface area contributed by atoms with Gasteiger partial charge < -0.3 is 0 Å². The van der Waals surface area contributed by atoms with Crippen molar-refractivity contribution in [3.8, 4) is 0 Å². The van der Waals surface area contributed by atoms with E-state index in [1.807, 2.05) is 0 Å². The molecule has 0 saturated heterocycles. The van der Waals surface area contributed by atoms with E-state index >= 15 is 0 Å². The third-order valence-corrected chi connectivity index (χ3v) is 0. The third kappa shape index (κ3) is 65.9. The summed E-state index contributed by atoms with van der Waals surface area (Å²) < 4.78 is 33.2. The SMILES string of the molecule is [LiH].[O-][I+3]([O-])([O-])O. The molecule has 34 valence electrons. The maximum Gasteiger partial charge on any atom is 0.368 e. The first-order valence-corrected chi connectivity index (χ1v) is 4.24. The third-order valence-electron chi connectivity index (χ3n) is 0. The number of halogens is 1. The summed E-state index contributed by atoms with van der Waals surface area (Å²) in [6.07, 6.45) is 0. The molecule has 0 spiro atoms. The predicted molar refractivity (Wildman–Crippen MR) is 9.37 cm³/mol. The summed E-state index contributed by atoms with van der Waals surface area (Å²) in [4.78, 5) is 0. The molecule has 6 heavy (non-hydrogen) atoms. The molecule has 0 saturated carbocycles. The standard InChI is InChI=1S/HIO4.Li.H/c2-1(3,4)5;;/h2H;;. The van der Waals surface area contributed by atoms with Crippen LogP contribution in [0.5, 0.6) is 0 Å². The van der Waals surface area contributed by atoms with Gasteiger partial charge in [-0.15, -0.1) is 0 Å². The maximum absolute atomic E-state index is 8.73. The normalized spacial score (nSPS) is 10.0. The first-order chi connectivity index (χ1) is 2.00. The van der Waals surface area contributed by atoms with Gasteiger partial charge >= 0.3 is 39.0 Å². The zero-order valence-electron chi connectivity index (χ0n) is 2.05. The molecule has 0 aromatic carbocycles. The molecule has 0 aromatic heterocycles. The summed E-state index contributed by atoms with van der Waals surface area (Å²) in [7, 11) is 0. The van der Waals surface area contributed by atoms with Gasteiger partial charge in [0, 0.05) is 3.44 Å². The van der Waals surface area contributed by atoms with Crippen LogP contribution in [0, 0.1) is 0 Å². The Bertz CT molecular complexity index is 23.0. The fraction of sp³-hybridized carbons (Fsp3) is 0. The molecule has 0 aromatic rings. The van der Waals surface area contributed by atoms with E-state index in [4.69, 9.17) is 13.7 Å². The molecule has 0 amide bonds. The predicted octanol–water partition coefficient (Wildman–Crippen LogP) is -7.77. The molecule has 0 aliphatic rings. The van der Waals surface area contributed by atoms with Crippen LogP contribution in [0.3, 0.4) is 0 Å². The smallest absolute Gasteiger partial charge is 0.256 e. The minimum absolute atomic E-state index is 0. The van der Waals surface area contributed by atoms with Gasteiger partial charge in [0.05, 0.1) is 0 Å². The Balaban J connectivity index is 0. The van der Waals surface area contributed by atoms with Gasteiger partial charge in [0.25, 0.3) is 0 Å². The van der Waals surface area contributed by atoms with Gasteiger partial charge in [-0.1, -0.05) is 0 Å². The number of hydrogen-bond acceptors (Lipinski definition) is 4. The van der Waals surface area contributed by atoms with Crippen molar-refractivity contribution >= 4 is 18.9 Å². The van der Waals surface area contributed by atoms with E-state index in [2.05, 4.69) is 0 Å². The van der Waals surface area contributed by atoms with E-state index in [1.165, 1.54) is 0 Å². The minimum atomic E-state index is -5.69. The van der Waals surface area contributed by atoms with E-state index in [-0.39, 0.29) is 18.9 Å². The van der Waals surface area contributed by atoms with Crippen molar-refractivity contribution in [2.24, 2.45) is 0 Å². The average Bonchev–Trinajstić information content (AvgIpc) is 0.722.